The Labute approximate surface area is 184 Å². The van der Waals surface area contributed by atoms with E-state index < -0.39 is 17.3 Å². The molecule has 172 valence electrons. The number of pyridine rings is 1. The van der Waals surface area contributed by atoms with Crippen molar-refractivity contribution in [3.05, 3.63) is 59.5 Å². The summed E-state index contributed by atoms with van der Waals surface area (Å²) in [6.45, 7) is 7.94. The molecule has 2 heterocycles. The molecule has 0 aliphatic heterocycles. The number of hydrogen-bond acceptors (Lipinski definition) is 4. The molecular formula is C22H27F3N6O. The fourth-order valence-electron chi connectivity index (χ4n) is 3.05. The van der Waals surface area contributed by atoms with Gasteiger partial charge >= 0.3 is 6.18 Å². The fourth-order valence-corrected chi connectivity index (χ4v) is 3.05. The largest absolute Gasteiger partial charge is 0.488 e. The van der Waals surface area contributed by atoms with Crippen molar-refractivity contribution in [1.82, 2.24) is 25.2 Å². The van der Waals surface area contributed by atoms with Crippen LogP contribution in [0.4, 0.5) is 13.2 Å². The van der Waals surface area contributed by atoms with E-state index in [0.29, 0.717) is 30.5 Å². The number of ether oxygens (including phenoxy) is 1. The zero-order valence-electron chi connectivity index (χ0n) is 18.5. The van der Waals surface area contributed by atoms with Crippen LogP contribution in [-0.4, -0.2) is 32.7 Å². The van der Waals surface area contributed by atoms with Crippen LogP contribution in [0.2, 0.25) is 0 Å². The number of benzene rings is 1. The van der Waals surface area contributed by atoms with Crippen molar-refractivity contribution in [2.24, 2.45) is 4.99 Å². The maximum atomic E-state index is 13.7. The molecule has 0 atom stereocenters. The summed E-state index contributed by atoms with van der Waals surface area (Å²) in [6.07, 6.45) is -2.68. The van der Waals surface area contributed by atoms with Gasteiger partial charge in [0.15, 0.2) is 17.4 Å². The van der Waals surface area contributed by atoms with Crippen LogP contribution in [-0.2, 0) is 19.3 Å². The van der Waals surface area contributed by atoms with Gasteiger partial charge in [-0.2, -0.15) is 13.2 Å². The minimum absolute atomic E-state index is 0.0592. The summed E-state index contributed by atoms with van der Waals surface area (Å²) < 4.78 is 48.4. The zero-order chi connectivity index (χ0) is 23.4. The average molecular weight is 448 g/mol. The van der Waals surface area contributed by atoms with Crippen molar-refractivity contribution in [3.63, 3.8) is 0 Å². The number of halogens is 3. The molecule has 0 bridgehead atoms. The summed E-state index contributed by atoms with van der Waals surface area (Å²) in [7, 11) is 0. The second-order valence-electron chi connectivity index (χ2n) is 8.12. The Morgan fingerprint density at radius 1 is 1.09 bits per heavy atom. The van der Waals surface area contributed by atoms with E-state index in [1.807, 2.05) is 35.7 Å². The predicted octanol–water partition coefficient (Wildman–Crippen LogP) is 4.18. The number of rotatable bonds is 6. The van der Waals surface area contributed by atoms with Crippen LogP contribution in [0.5, 0.6) is 5.75 Å². The Bertz CT molecular complexity index is 1090. The van der Waals surface area contributed by atoms with Crippen molar-refractivity contribution >= 4 is 11.6 Å². The molecule has 2 aromatic heterocycles. The molecule has 0 amide bonds. The number of nitrogens with one attached hydrogen (secondary N) is 2. The van der Waals surface area contributed by atoms with Gasteiger partial charge in [-0.15, -0.1) is 10.2 Å². The molecule has 0 saturated carbocycles. The molecule has 7 nitrogen and oxygen atoms in total. The second-order valence-corrected chi connectivity index (χ2v) is 8.12. The highest BCUT2D eigenvalue weighted by molar-refractivity contribution is 5.79. The second kappa shape index (κ2) is 9.46. The van der Waals surface area contributed by atoms with E-state index in [-0.39, 0.29) is 17.9 Å². The van der Waals surface area contributed by atoms with E-state index in [1.54, 1.807) is 20.8 Å². The van der Waals surface area contributed by atoms with Crippen LogP contribution in [0.25, 0.3) is 5.65 Å². The molecule has 0 aliphatic carbocycles. The first-order valence-corrected chi connectivity index (χ1v) is 10.3. The van der Waals surface area contributed by atoms with Crippen LogP contribution >= 0.6 is 0 Å². The number of hydrogen-bond donors (Lipinski definition) is 2. The molecule has 32 heavy (non-hydrogen) atoms. The number of aromatic nitrogens is 3. The highest BCUT2D eigenvalue weighted by Crippen LogP contribution is 2.35. The maximum Gasteiger partial charge on any atom is 0.416 e. The maximum absolute atomic E-state index is 13.7. The number of guanidine groups is 1. The van der Waals surface area contributed by atoms with Crippen molar-refractivity contribution in [3.8, 4) is 5.75 Å². The molecule has 10 heteroatoms. The lowest BCUT2D eigenvalue weighted by Gasteiger charge is -2.22. The van der Waals surface area contributed by atoms with Gasteiger partial charge in [-0.1, -0.05) is 12.1 Å². The molecule has 2 N–H and O–H groups in total. The molecule has 0 unspecified atom stereocenters. The first kappa shape index (κ1) is 23.4. The van der Waals surface area contributed by atoms with Crippen LogP contribution in [0, 0.1) is 0 Å². The first-order chi connectivity index (χ1) is 15.1. The third kappa shape index (κ3) is 6.12. The van der Waals surface area contributed by atoms with Crippen molar-refractivity contribution in [1.29, 1.82) is 0 Å². The number of alkyl halides is 3. The lowest BCUT2D eigenvalue weighted by atomic mass is 10.1. The standard InChI is InChI=1S/C22H27F3N6O/c1-5-26-20(28-14-19-30-29-18-8-6-7-11-31(18)19)27-13-15-9-10-16(32-21(2,3)4)12-17(15)22(23,24)25/h6-12H,5,13-14H2,1-4H3,(H2,26,27,28). The summed E-state index contributed by atoms with van der Waals surface area (Å²) in [5, 5.41) is 14.4. The topological polar surface area (TPSA) is 75.8 Å². The smallest absolute Gasteiger partial charge is 0.416 e. The van der Waals surface area contributed by atoms with Gasteiger partial charge in [-0.05, 0) is 57.5 Å². The number of aliphatic imine (C=N–C) groups is 1. The van der Waals surface area contributed by atoms with Gasteiger partial charge in [-0.3, -0.25) is 4.40 Å². The number of nitrogens with zero attached hydrogens (tertiary/aromatic N) is 4. The van der Waals surface area contributed by atoms with Gasteiger partial charge in [0.2, 0.25) is 0 Å². The van der Waals surface area contributed by atoms with E-state index in [2.05, 4.69) is 25.8 Å². The molecule has 0 fully saturated rings. The molecule has 3 rings (SSSR count). The minimum Gasteiger partial charge on any atom is -0.488 e. The zero-order valence-corrected chi connectivity index (χ0v) is 18.5. The van der Waals surface area contributed by atoms with Gasteiger partial charge in [-0.25, -0.2) is 4.99 Å². The fraction of sp³-hybridized carbons (Fsp3) is 0.409. The predicted molar refractivity (Wildman–Crippen MR) is 116 cm³/mol. The van der Waals surface area contributed by atoms with Crippen LogP contribution in [0.3, 0.4) is 0 Å². The van der Waals surface area contributed by atoms with E-state index >= 15 is 0 Å². The Kier molecular flexibility index (Phi) is 6.90. The molecule has 0 saturated heterocycles. The van der Waals surface area contributed by atoms with Crippen LogP contribution < -0.4 is 15.4 Å². The molecule has 0 radical (unpaired) electrons. The Morgan fingerprint density at radius 3 is 2.56 bits per heavy atom. The lowest BCUT2D eigenvalue weighted by molar-refractivity contribution is -0.138. The molecule has 0 spiro atoms. The Hall–Kier alpha value is -3.30. The molecule has 1 aromatic carbocycles. The van der Waals surface area contributed by atoms with Crippen LogP contribution in [0.15, 0.2) is 47.6 Å². The Morgan fingerprint density at radius 2 is 1.88 bits per heavy atom. The summed E-state index contributed by atoms with van der Waals surface area (Å²) in [6, 6.07) is 9.53. The third-order valence-electron chi connectivity index (χ3n) is 4.36. The minimum atomic E-state index is -4.52. The average Bonchev–Trinajstić information content (AvgIpc) is 3.12. The van der Waals surface area contributed by atoms with E-state index in [9.17, 15) is 13.2 Å². The quantitative estimate of drug-likeness (QED) is 0.437. The summed E-state index contributed by atoms with van der Waals surface area (Å²) in [5.74, 6) is 1.20. The Balaban J connectivity index is 1.79. The molecule has 0 aliphatic rings. The van der Waals surface area contributed by atoms with Gasteiger partial charge in [0.05, 0.1) is 18.7 Å². The normalized spacial score (nSPS) is 12.8. The van der Waals surface area contributed by atoms with E-state index in [0.717, 1.165) is 6.07 Å². The third-order valence-corrected chi connectivity index (χ3v) is 4.36. The summed E-state index contributed by atoms with van der Waals surface area (Å²) >= 11 is 0. The highest BCUT2D eigenvalue weighted by Gasteiger charge is 2.34. The first-order valence-electron chi connectivity index (χ1n) is 10.3. The van der Waals surface area contributed by atoms with E-state index in [1.165, 1.54) is 12.1 Å². The molecular weight excluding hydrogens is 421 g/mol. The van der Waals surface area contributed by atoms with Gasteiger partial charge < -0.3 is 15.4 Å². The SMILES string of the molecule is CCNC(=NCc1ccc(OC(C)(C)C)cc1C(F)(F)F)NCc1nnc2ccccn12. The summed E-state index contributed by atoms with van der Waals surface area (Å²) in [5.41, 5.74) is -0.596. The van der Waals surface area contributed by atoms with E-state index in [4.69, 9.17) is 4.74 Å². The van der Waals surface area contributed by atoms with Gasteiger partial charge in [0, 0.05) is 12.7 Å². The van der Waals surface area contributed by atoms with Gasteiger partial charge in [0.25, 0.3) is 0 Å². The molecule has 3 aromatic rings. The van der Waals surface area contributed by atoms with Crippen molar-refractivity contribution in [2.45, 2.75) is 52.6 Å². The summed E-state index contributed by atoms with van der Waals surface area (Å²) in [4.78, 5) is 4.34. The van der Waals surface area contributed by atoms with Crippen LogP contribution in [0.1, 0.15) is 44.6 Å². The highest BCUT2D eigenvalue weighted by atomic mass is 19.4. The monoisotopic (exact) mass is 448 g/mol. The van der Waals surface area contributed by atoms with Crippen molar-refractivity contribution < 1.29 is 17.9 Å². The van der Waals surface area contributed by atoms with Gasteiger partial charge in [0.1, 0.15) is 11.4 Å². The van der Waals surface area contributed by atoms with Crippen molar-refractivity contribution in [2.75, 3.05) is 6.54 Å². The number of fused-ring (bicyclic) bond motifs is 1. The lowest BCUT2D eigenvalue weighted by Crippen LogP contribution is -2.37.